The first-order valence-electron chi connectivity index (χ1n) is 10.6. The van der Waals surface area contributed by atoms with Crippen LogP contribution in [0.5, 0.6) is 5.75 Å². The van der Waals surface area contributed by atoms with E-state index < -0.39 is 6.10 Å². The van der Waals surface area contributed by atoms with E-state index in [1.165, 1.54) is 42.4 Å². The maximum Gasteiger partial charge on any atom is 0.119 e. The molecule has 1 atom stereocenters. The summed E-state index contributed by atoms with van der Waals surface area (Å²) in [5, 5.41) is 13.8. The van der Waals surface area contributed by atoms with Gasteiger partial charge in [-0.05, 0) is 56.1 Å². The first-order valence-corrected chi connectivity index (χ1v) is 10.6. The van der Waals surface area contributed by atoms with Crippen molar-refractivity contribution in [2.75, 3.05) is 26.2 Å². The summed E-state index contributed by atoms with van der Waals surface area (Å²) in [6.07, 6.45) is 4.67. The van der Waals surface area contributed by atoms with Crippen molar-refractivity contribution < 1.29 is 9.84 Å². The summed E-state index contributed by atoms with van der Waals surface area (Å²) < 4.78 is 5.86. The van der Waals surface area contributed by atoms with Crippen LogP contribution in [0.4, 0.5) is 0 Å². The number of nitrogens with zero attached hydrogens (tertiary/aromatic N) is 1. The Morgan fingerprint density at radius 3 is 2.36 bits per heavy atom. The van der Waals surface area contributed by atoms with Gasteiger partial charge in [0.25, 0.3) is 0 Å². The predicted octanol–water partition coefficient (Wildman–Crippen LogP) is 3.90. The zero-order chi connectivity index (χ0) is 19.6. The Hall–Kier alpha value is -1.88. The normalized spacial score (nSPS) is 16.5. The van der Waals surface area contributed by atoms with E-state index in [9.17, 15) is 5.11 Å². The molecule has 152 valence electrons. The molecule has 4 nitrogen and oxygen atoms in total. The Labute approximate surface area is 169 Å². The summed E-state index contributed by atoms with van der Waals surface area (Å²) in [7, 11) is 0. The maximum absolute atomic E-state index is 10.3. The van der Waals surface area contributed by atoms with Crippen LogP contribution >= 0.6 is 0 Å². The molecule has 0 bridgehead atoms. The fourth-order valence-corrected chi connectivity index (χ4v) is 3.78. The van der Waals surface area contributed by atoms with Gasteiger partial charge in [-0.25, -0.2) is 0 Å². The smallest absolute Gasteiger partial charge is 0.119 e. The second kappa shape index (κ2) is 11.2. The van der Waals surface area contributed by atoms with Crippen LogP contribution in [0, 0.1) is 6.92 Å². The first-order chi connectivity index (χ1) is 13.7. The van der Waals surface area contributed by atoms with E-state index >= 15 is 0 Å². The van der Waals surface area contributed by atoms with Gasteiger partial charge < -0.3 is 20.1 Å². The van der Waals surface area contributed by atoms with E-state index in [1.54, 1.807) is 0 Å². The van der Waals surface area contributed by atoms with Crippen molar-refractivity contribution in [2.24, 2.45) is 0 Å². The van der Waals surface area contributed by atoms with Gasteiger partial charge in [0.15, 0.2) is 0 Å². The summed E-state index contributed by atoms with van der Waals surface area (Å²) in [4.78, 5) is 2.37. The monoisotopic (exact) mass is 382 g/mol. The maximum atomic E-state index is 10.3. The van der Waals surface area contributed by atoms with Gasteiger partial charge in [0, 0.05) is 19.6 Å². The molecule has 3 rings (SSSR count). The van der Waals surface area contributed by atoms with Gasteiger partial charge in [-0.1, -0.05) is 54.8 Å². The molecular formula is C24H34N2O2. The Morgan fingerprint density at radius 1 is 0.964 bits per heavy atom. The number of hydrogen-bond donors (Lipinski definition) is 2. The zero-order valence-corrected chi connectivity index (χ0v) is 17.1. The second-order valence-corrected chi connectivity index (χ2v) is 7.92. The lowest BCUT2D eigenvalue weighted by molar-refractivity contribution is 0.0693. The van der Waals surface area contributed by atoms with Crippen LogP contribution in [-0.2, 0) is 13.1 Å². The number of aliphatic hydroxyl groups excluding tert-OH is 1. The number of nitrogens with one attached hydrogen (secondary N) is 1. The molecule has 28 heavy (non-hydrogen) atoms. The quantitative estimate of drug-likeness (QED) is 0.690. The molecule has 1 fully saturated rings. The van der Waals surface area contributed by atoms with Gasteiger partial charge in [0.2, 0.25) is 0 Å². The summed E-state index contributed by atoms with van der Waals surface area (Å²) in [5.41, 5.74) is 3.77. The molecule has 0 unspecified atom stereocenters. The highest BCUT2D eigenvalue weighted by molar-refractivity contribution is 5.28. The molecule has 1 aliphatic heterocycles. The van der Waals surface area contributed by atoms with E-state index in [0.717, 1.165) is 31.9 Å². The number of hydrogen-bond acceptors (Lipinski definition) is 4. The van der Waals surface area contributed by atoms with Crippen molar-refractivity contribution in [3.05, 3.63) is 65.2 Å². The highest BCUT2D eigenvalue weighted by atomic mass is 16.5. The third-order valence-corrected chi connectivity index (χ3v) is 5.25. The van der Waals surface area contributed by atoms with Crippen molar-refractivity contribution >= 4 is 0 Å². The van der Waals surface area contributed by atoms with E-state index in [4.69, 9.17) is 4.74 Å². The molecule has 0 aliphatic carbocycles. The van der Waals surface area contributed by atoms with Gasteiger partial charge in [0.05, 0.1) is 0 Å². The van der Waals surface area contributed by atoms with Gasteiger partial charge in [-0.3, -0.25) is 0 Å². The van der Waals surface area contributed by atoms with Crippen LogP contribution in [0.15, 0.2) is 48.5 Å². The fraction of sp³-hybridized carbons (Fsp3) is 0.500. The van der Waals surface area contributed by atoms with Gasteiger partial charge in [-0.15, -0.1) is 0 Å². The standard InChI is InChI=1S/C24H34N2O2/c1-20-8-6-9-21(14-20)16-25-17-22-10-7-11-24(15-22)28-19-23(27)18-26-12-4-2-3-5-13-26/h6-11,14-15,23,25,27H,2-5,12-13,16-19H2,1H3/t23-/m1/s1. The third-order valence-electron chi connectivity index (χ3n) is 5.25. The molecule has 1 aliphatic rings. The van der Waals surface area contributed by atoms with Crippen LogP contribution in [-0.4, -0.2) is 42.4 Å². The van der Waals surface area contributed by atoms with Gasteiger partial charge in [-0.2, -0.15) is 0 Å². The van der Waals surface area contributed by atoms with Crippen LogP contribution < -0.4 is 10.1 Å². The zero-order valence-electron chi connectivity index (χ0n) is 17.1. The van der Waals surface area contributed by atoms with Crippen LogP contribution in [0.2, 0.25) is 0 Å². The Kier molecular flexibility index (Phi) is 8.34. The highest BCUT2D eigenvalue weighted by Crippen LogP contribution is 2.15. The van der Waals surface area contributed by atoms with Crippen LogP contribution in [0.25, 0.3) is 0 Å². The summed E-state index contributed by atoms with van der Waals surface area (Å²) >= 11 is 0. The average molecular weight is 383 g/mol. The van der Waals surface area contributed by atoms with Crippen molar-refractivity contribution in [1.82, 2.24) is 10.2 Å². The number of likely N-dealkylation sites (tertiary alicyclic amines) is 1. The largest absolute Gasteiger partial charge is 0.491 e. The summed E-state index contributed by atoms with van der Waals surface area (Å²) in [6, 6.07) is 16.7. The first kappa shape index (κ1) is 20.8. The molecule has 1 heterocycles. The SMILES string of the molecule is Cc1cccc(CNCc2cccc(OC[C@H](O)CN3CCCCCC3)c2)c1. The molecule has 0 radical (unpaired) electrons. The Morgan fingerprint density at radius 2 is 1.64 bits per heavy atom. The number of ether oxygens (including phenoxy) is 1. The number of aryl methyl sites for hydroxylation is 1. The number of benzene rings is 2. The topological polar surface area (TPSA) is 44.7 Å². The minimum Gasteiger partial charge on any atom is -0.491 e. The van der Waals surface area contributed by atoms with Crippen LogP contribution in [0.3, 0.4) is 0 Å². The number of aliphatic hydroxyl groups is 1. The molecular weight excluding hydrogens is 348 g/mol. The molecule has 0 spiro atoms. The van der Waals surface area contributed by atoms with E-state index in [0.29, 0.717) is 13.2 Å². The van der Waals surface area contributed by atoms with Gasteiger partial charge >= 0.3 is 0 Å². The molecule has 2 N–H and O–H groups in total. The van der Waals surface area contributed by atoms with Crippen molar-refractivity contribution in [3.8, 4) is 5.75 Å². The lowest BCUT2D eigenvalue weighted by atomic mass is 10.1. The Balaban J connectivity index is 1.41. The number of rotatable bonds is 9. The Bertz CT molecular complexity index is 711. The predicted molar refractivity (Wildman–Crippen MR) is 115 cm³/mol. The van der Waals surface area contributed by atoms with Crippen LogP contribution in [0.1, 0.15) is 42.4 Å². The summed E-state index contributed by atoms with van der Waals surface area (Å²) in [5.74, 6) is 0.824. The molecule has 0 saturated carbocycles. The lowest BCUT2D eigenvalue weighted by Gasteiger charge is -2.23. The lowest BCUT2D eigenvalue weighted by Crippen LogP contribution is -2.36. The second-order valence-electron chi connectivity index (χ2n) is 7.92. The average Bonchev–Trinajstić information content (AvgIpc) is 2.95. The van der Waals surface area contributed by atoms with Crippen molar-refractivity contribution in [3.63, 3.8) is 0 Å². The molecule has 2 aromatic carbocycles. The van der Waals surface area contributed by atoms with E-state index in [2.05, 4.69) is 53.5 Å². The minimum atomic E-state index is -0.443. The molecule has 0 aromatic heterocycles. The molecule has 2 aromatic rings. The van der Waals surface area contributed by atoms with Crippen molar-refractivity contribution in [1.29, 1.82) is 0 Å². The number of β-amino-alcohol motifs (C(OH)–C–C–N with tert-alkyl or cyclic N) is 1. The summed E-state index contributed by atoms with van der Waals surface area (Å²) in [6.45, 7) is 7.00. The third kappa shape index (κ3) is 7.27. The molecule has 0 amide bonds. The van der Waals surface area contributed by atoms with E-state index in [1.807, 2.05) is 12.1 Å². The van der Waals surface area contributed by atoms with E-state index in [-0.39, 0.29) is 0 Å². The molecule has 1 saturated heterocycles. The van der Waals surface area contributed by atoms with Crippen molar-refractivity contribution in [2.45, 2.75) is 51.8 Å². The molecule has 4 heteroatoms. The van der Waals surface area contributed by atoms with Gasteiger partial charge in [0.1, 0.15) is 18.5 Å². The minimum absolute atomic E-state index is 0.344. The fourth-order valence-electron chi connectivity index (χ4n) is 3.78. The highest BCUT2D eigenvalue weighted by Gasteiger charge is 2.14.